The molecule has 3 rings (SSSR count). The van der Waals surface area contributed by atoms with Gasteiger partial charge in [0.25, 0.3) is 0 Å². The van der Waals surface area contributed by atoms with Gasteiger partial charge in [-0.25, -0.2) is 0 Å². The Bertz CT molecular complexity index is 610. The molecule has 0 aliphatic carbocycles. The van der Waals surface area contributed by atoms with E-state index >= 15 is 0 Å². The third-order valence-corrected chi connectivity index (χ3v) is 4.81. The van der Waals surface area contributed by atoms with Crippen molar-refractivity contribution in [2.75, 3.05) is 27.2 Å². The molecule has 3 nitrogen and oxygen atoms in total. The minimum absolute atomic E-state index is 0.405. The van der Waals surface area contributed by atoms with Crippen LogP contribution in [0.4, 0.5) is 0 Å². The molecule has 1 aliphatic heterocycles. The van der Waals surface area contributed by atoms with E-state index in [0.717, 1.165) is 32.0 Å². The van der Waals surface area contributed by atoms with Crippen molar-refractivity contribution in [1.29, 1.82) is 0 Å². The van der Waals surface area contributed by atoms with Gasteiger partial charge in [-0.15, -0.1) is 0 Å². The zero-order valence-electron chi connectivity index (χ0n) is 13.6. The van der Waals surface area contributed by atoms with Crippen LogP contribution in [0.3, 0.4) is 0 Å². The van der Waals surface area contributed by atoms with Crippen molar-refractivity contribution in [3.63, 3.8) is 0 Å². The molecule has 1 aromatic heterocycles. The van der Waals surface area contributed by atoms with E-state index in [1.54, 1.807) is 11.3 Å². The van der Waals surface area contributed by atoms with E-state index in [0.29, 0.717) is 6.04 Å². The number of likely N-dealkylation sites (N-methyl/N-ethyl adjacent to an activating group) is 1. The van der Waals surface area contributed by atoms with Gasteiger partial charge in [-0.3, -0.25) is 4.90 Å². The Hall–Kier alpha value is -1.36. The highest BCUT2D eigenvalue weighted by Gasteiger charge is 2.25. The second kappa shape index (κ2) is 6.82. The zero-order valence-corrected chi connectivity index (χ0v) is 14.4. The van der Waals surface area contributed by atoms with Crippen LogP contribution in [0.5, 0.6) is 5.75 Å². The van der Waals surface area contributed by atoms with Crippen LogP contribution in [-0.2, 0) is 13.1 Å². The Morgan fingerprint density at radius 1 is 1.32 bits per heavy atom. The third-order valence-electron chi connectivity index (χ3n) is 4.08. The molecule has 0 saturated carbocycles. The van der Waals surface area contributed by atoms with E-state index in [4.69, 9.17) is 4.74 Å². The van der Waals surface area contributed by atoms with E-state index in [1.807, 2.05) is 0 Å². The van der Waals surface area contributed by atoms with E-state index in [2.05, 4.69) is 65.8 Å². The molecule has 118 valence electrons. The Morgan fingerprint density at radius 3 is 2.91 bits per heavy atom. The van der Waals surface area contributed by atoms with Gasteiger partial charge in [-0.2, -0.15) is 11.3 Å². The molecule has 22 heavy (non-hydrogen) atoms. The van der Waals surface area contributed by atoms with Crippen molar-refractivity contribution >= 4 is 11.3 Å². The number of hydrogen-bond donors (Lipinski definition) is 0. The van der Waals surface area contributed by atoms with Crippen molar-refractivity contribution in [2.45, 2.75) is 26.1 Å². The normalized spacial score (nSPS) is 18.8. The maximum atomic E-state index is 6.10. The predicted octanol–water partition coefficient (Wildman–Crippen LogP) is 3.38. The summed E-state index contributed by atoms with van der Waals surface area (Å²) in [5.41, 5.74) is 3.99. The molecule has 0 fully saturated rings. The number of nitrogens with zero attached hydrogens (tertiary/aromatic N) is 2. The summed E-state index contributed by atoms with van der Waals surface area (Å²) in [6, 6.07) is 9.14. The van der Waals surface area contributed by atoms with Crippen LogP contribution in [0, 0.1) is 6.92 Å². The summed E-state index contributed by atoms with van der Waals surface area (Å²) in [5.74, 6) is 1.04. The molecule has 4 heteroatoms. The number of ether oxygens (including phenoxy) is 1. The predicted molar refractivity (Wildman–Crippen MR) is 92.6 cm³/mol. The SMILES string of the molecule is Cc1ccc2c(c1)CN(Cc1ccsc1)C(CN(C)C)CO2. The maximum absolute atomic E-state index is 6.10. The lowest BCUT2D eigenvalue weighted by molar-refractivity contribution is 0.113. The first-order chi connectivity index (χ1) is 10.6. The summed E-state index contributed by atoms with van der Waals surface area (Å²) in [6.45, 7) is 5.84. The van der Waals surface area contributed by atoms with Crippen LogP contribution in [0.15, 0.2) is 35.0 Å². The van der Waals surface area contributed by atoms with Crippen molar-refractivity contribution in [1.82, 2.24) is 9.80 Å². The quantitative estimate of drug-likeness (QED) is 0.860. The Kier molecular flexibility index (Phi) is 4.81. The van der Waals surface area contributed by atoms with Crippen molar-refractivity contribution in [3.8, 4) is 5.75 Å². The average Bonchev–Trinajstić information content (AvgIpc) is 2.91. The van der Waals surface area contributed by atoms with Gasteiger partial charge in [0.15, 0.2) is 0 Å². The van der Waals surface area contributed by atoms with Gasteiger partial charge in [-0.1, -0.05) is 17.7 Å². The lowest BCUT2D eigenvalue weighted by atomic mass is 10.1. The van der Waals surface area contributed by atoms with Gasteiger partial charge in [0.2, 0.25) is 0 Å². The Labute approximate surface area is 137 Å². The number of rotatable bonds is 4. The Morgan fingerprint density at radius 2 is 2.18 bits per heavy atom. The van der Waals surface area contributed by atoms with Crippen LogP contribution >= 0.6 is 11.3 Å². The molecule has 1 aromatic carbocycles. The van der Waals surface area contributed by atoms with Crippen LogP contribution in [0.25, 0.3) is 0 Å². The number of thiophene rings is 1. The van der Waals surface area contributed by atoms with Crippen LogP contribution in [0.1, 0.15) is 16.7 Å². The van der Waals surface area contributed by atoms with E-state index in [-0.39, 0.29) is 0 Å². The molecule has 0 N–H and O–H groups in total. The molecule has 1 aliphatic rings. The van der Waals surface area contributed by atoms with Gasteiger partial charge < -0.3 is 9.64 Å². The summed E-state index contributed by atoms with van der Waals surface area (Å²) in [4.78, 5) is 4.79. The minimum Gasteiger partial charge on any atom is -0.492 e. The fourth-order valence-electron chi connectivity index (χ4n) is 3.00. The molecule has 0 spiro atoms. The average molecular weight is 316 g/mol. The van der Waals surface area contributed by atoms with Gasteiger partial charge in [0.05, 0.1) is 6.04 Å². The molecule has 1 atom stereocenters. The van der Waals surface area contributed by atoms with Crippen LogP contribution in [-0.4, -0.2) is 43.1 Å². The van der Waals surface area contributed by atoms with E-state index in [9.17, 15) is 0 Å². The first-order valence-corrected chi connectivity index (χ1v) is 8.68. The highest BCUT2D eigenvalue weighted by molar-refractivity contribution is 7.07. The molecule has 0 bridgehead atoms. The molecule has 2 heterocycles. The zero-order chi connectivity index (χ0) is 15.5. The summed E-state index contributed by atoms with van der Waals surface area (Å²) in [5, 5.41) is 4.40. The highest BCUT2D eigenvalue weighted by Crippen LogP contribution is 2.27. The maximum Gasteiger partial charge on any atom is 0.123 e. The summed E-state index contributed by atoms with van der Waals surface area (Å²) in [6.07, 6.45) is 0. The van der Waals surface area contributed by atoms with Gasteiger partial charge in [0.1, 0.15) is 12.4 Å². The molecule has 1 unspecified atom stereocenters. The topological polar surface area (TPSA) is 15.7 Å². The van der Waals surface area contributed by atoms with Crippen molar-refractivity contribution in [2.24, 2.45) is 0 Å². The molecule has 0 amide bonds. The van der Waals surface area contributed by atoms with E-state index in [1.165, 1.54) is 16.7 Å². The fraction of sp³-hybridized carbons (Fsp3) is 0.444. The molecule has 2 aromatic rings. The van der Waals surface area contributed by atoms with Crippen LogP contribution in [0.2, 0.25) is 0 Å². The molecular formula is C18H24N2OS. The fourth-order valence-corrected chi connectivity index (χ4v) is 3.66. The minimum atomic E-state index is 0.405. The number of aryl methyl sites for hydroxylation is 1. The van der Waals surface area contributed by atoms with E-state index < -0.39 is 0 Å². The summed E-state index contributed by atoms with van der Waals surface area (Å²) >= 11 is 1.77. The number of fused-ring (bicyclic) bond motifs is 1. The largest absolute Gasteiger partial charge is 0.492 e. The standard InChI is InChI=1S/C18H24N2OS/c1-14-4-5-18-16(8-14)10-20(9-15-6-7-22-13-15)17(12-21-18)11-19(2)3/h4-8,13,17H,9-12H2,1-3H3. The summed E-state index contributed by atoms with van der Waals surface area (Å²) in [7, 11) is 4.26. The molecule has 0 radical (unpaired) electrons. The first kappa shape index (κ1) is 15.5. The smallest absolute Gasteiger partial charge is 0.123 e. The van der Waals surface area contributed by atoms with Gasteiger partial charge in [-0.05, 0) is 49.5 Å². The second-order valence-corrected chi connectivity index (χ2v) is 7.15. The van der Waals surface area contributed by atoms with Gasteiger partial charge in [0, 0.05) is 25.2 Å². The van der Waals surface area contributed by atoms with Gasteiger partial charge >= 0.3 is 0 Å². The molecule has 0 saturated heterocycles. The van der Waals surface area contributed by atoms with Crippen molar-refractivity contribution in [3.05, 3.63) is 51.7 Å². The van der Waals surface area contributed by atoms with Crippen molar-refractivity contribution < 1.29 is 4.74 Å². The summed E-state index contributed by atoms with van der Waals surface area (Å²) < 4.78 is 6.10. The van der Waals surface area contributed by atoms with Crippen LogP contribution < -0.4 is 4.74 Å². The third kappa shape index (κ3) is 3.69. The highest BCUT2D eigenvalue weighted by atomic mass is 32.1. The Balaban J connectivity index is 1.85. The monoisotopic (exact) mass is 316 g/mol. The number of hydrogen-bond acceptors (Lipinski definition) is 4. The lowest BCUT2D eigenvalue weighted by Gasteiger charge is -2.30. The second-order valence-electron chi connectivity index (χ2n) is 6.37. The lowest BCUT2D eigenvalue weighted by Crippen LogP contribution is -2.43. The molecular weight excluding hydrogens is 292 g/mol. The number of benzene rings is 1. The first-order valence-electron chi connectivity index (χ1n) is 7.74.